The van der Waals surface area contributed by atoms with Crippen LogP contribution >= 0.6 is 11.3 Å². The van der Waals surface area contributed by atoms with Crippen molar-refractivity contribution >= 4 is 29.3 Å². The smallest absolute Gasteiger partial charge is 0.328 e. The van der Waals surface area contributed by atoms with Crippen molar-refractivity contribution in [1.82, 2.24) is 5.32 Å². The number of carboxylic acid groups (broad SMARTS) is 1. The highest BCUT2D eigenvalue weighted by Crippen LogP contribution is 2.10. The third kappa shape index (κ3) is 4.07. The van der Waals surface area contributed by atoms with Gasteiger partial charge in [0.25, 0.3) is 5.91 Å². The number of nitrogens with one attached hydrogen (secondary N) is 1. The maximum absolute atomic E-state index is 12.0. The van der Waals surface area contributed by atoms with E-state index in [1.807, 2.05) is 17.5 Å². The molecule has 0 atom stereocenters. The summed E-state index contributed by atoms with van der Waals surface area (Å²) in [6.07, 6.45) is 2.50. The van der Waals surface area contributed by atoms with E-state index in [-0.39, 0.29) is 5.91 Å². The summed E-state index contributed by atoms with van der Waals surface area (Å²) in [5.74, 6) is -1.19. The molecule has 0 spiro atoms. The van der Waals surface area contributed by atoms with Crippen molar-refractivity contribution in [2.24, 2.45) is 0 Å². The quantitative estimate of drug-likeness (QED) is 0.831. The molecular formula is C15H13NO3S. The van der Waals surface area contributed by atoms with E-state index < -0.39 is 5.97 Å². The SMILES string of the molecule is O=C(O)/C=C/c1cccc(C(=O)NCc2cccs2)c1. The molecule has 2 aromatic rings. The molecule has 2 N–H and O–H groups in total. The van der Waals surface area contributed by atoms with Crippen LogP contribution < -0.4 is 5.32 Å². The minimum atomic E-state index is -1.02. The van der Waals surface area contributed by atoms with E-state index in [1.165, 1.54) is 6.08 Å². The zero-order chi connectivity index (χ0) is 14.4. The fourth-order valence-electron chi connectivity index (χ4n) is 1.63. The van der Waals surface area contributed by atoms with Gasteiger partial charge in [-0.1, -0.05) is 18.2 Å². The number of carboxylic acids is 1. The predicted octanol–water partition coefficient (Wildman–Crippen LogP) is 2.78. The topological polar surface area (TPSA) is 66.4 Å². The number of hydrogen-bond donors (Lipinski definition) is 2. The molecule has 0 saturated heterocycles. The molecular weight excluding hydrogens is 274 g/mol. The summed E-state index contributed by atoms with van der Waals surface area (Å²) in [6.45, 7) is 0.492. The summed E-state index contributed by atoms with van der Waals surface area (Å²) < 4.78 is 0. The molecule has 0 aliphatic rings. The molecule has 0 saturated carbocycles. The van der Waals surface area contributed by atoms with Gasteiger partial charge in [-0.25, -0.2) is 4.79 Å². The standard InChI is InChI=1S/C15H13NO3S/c17-14(18)7-6-11-3-1-4-12(9-11)15(19)16-10-13-5-2-8-20-13/h1-9H,10H2,(H,16,19)(H,17,18)/b7-6+. The third-order valence-electron chi connectivity index (χ3n) is 2.57. The molecule has 2 rings (SSSR count). The van der Waals surface area contributed by atoms with E-state index in [0.717, 1.165) is 11.0 Å². The van der Waals surface area contributed by atoms with Gasteiger partial charge >= 0.3 is 5.97 Å². The molecule has 0 radical (unpaired) electrons. The number of rotatable bonds is 5. The Bertz CT molecular complexity index is 632. The lowest BCUT2D eigenvalue weighted by atomic mass is 10.1. The van der Waals surface area contributed by atoms with Gasteiger partial charge in [0, 0.05) is 16.5 Å². The van der Waals surface area contributed by atoms with Gasteiger partial charge in [0.15, 0.2) is 0 Å². The molecule has 102 valence electrons. The van der Waals surface area contributed by atoms with Crippen LogP contribution in [0.3, 0.4) is 0 Å². The normalized spacial score (nSPS) is 10.6. The Morgan fingerprint density at radius 1 is 1.25 bits per heavy atom. The zero-order valence-corrected chi connectivity index (χ0v) is 11.4. The average Bonchev–Trinajstić information content (AvgIpc) is 2.96. The molecule has 4 nitrogen and oxygen atoms in total. The molecule has 5 heteroatoms. The first kappa shape index (κ1) is 14.0. The second-order valence-corrected chi connectivity index (χ2v) is 5.09. The second kappa shape index (κ2) is 6.68. The number of benzene rings is 1. The zero-order valence-electron chi connectivity index (χ0n) is 10.6. The molecule has 0 aliphatic heterocycles. The van der Waals surface area contributed by atoms with Gasteiger partial charge in [0.05, 0.1) is 6.54 Å². The lowest BCUT2D eigenvalue weighted by Crippen LogP contribution is -2.22. The Morgan fingerprint density at radius 3 is 2.80 bits per heavy atom. The lowest BCUT2D eigenvalue weighted by Gasteiger charge is -2.04. The van der Waals surface area contributed by atoms with Gasteiger partial charge in [0.2, 0.25) is 0 Å². The van der Waals surface area contributed by atoms with Crippen LogP contribution in [0.5, 0.6) is 0 Å². The fraction of sp³-hybridized carbons (Fsp3) is 0.0667. The van der Waals surface area contributed by atoms with Crippen molar-refractivity contribution in [2.45, 2.75) is 6.54 Å². The van der Waals surface area contributed by atoms with Crippen LogP contribution in [0.2, 0.25) is 0 Å². The molecule has 1 aromatic heterocycles. The van der Waals surface area contributed by atoms with E-state index in [9.17, 15) is 9.59 Å². The van der Waals surface area contributed by atoms with Crippen LogP contribution in [-0.2, 0) is 11.3 Å². The first-order valence-electron chi connectivity index (χ1n) is 5.97. The van der Waals surface area contributed by atoms with Crippen molar-refractivity contribution in [3.63, 3.8) is 0 Å². The Balaban J connectivity index is 2.02. The van der Waals surface area contributed by atoms with Crippen LogP contribution in [0.4, 0.5) is 0 Å². The molecule has 1 heterocycles. The van der Waals surface area contributed by atoms with E-state index in [2.05, 4.69) is 5.32 Å². The number of thiophene rings is 1. The molecule has 1 aromatic carbocycles. The maximum Gasteiger partial charge on any atom is 0.328 e. The minimum absolute atomic E-state index is 0.177. The summed E-state index contributed by atoms with van der Waals surface area (Å²) >= 11 is 1.58. The molecule has 0 unspecified atom stereocenters. The molecule has 0 aliphatic carbocycles. The van der Waals surface area contributed by atoms with Crippen molar-refractivity contribution in [1.29, 1.82) is 0 Å². The summed E-state index contributed by atoms with van der Waals surface area (Å²) in [6, 6.07) is 10.7. The molecule has 0 fully saturated rings. The first-order chi connectivity index (χ1) is 9.65. The lowest BCUT2D eigenvalue weighted by molar-refractivity contribution is -0.131. The van der Waals surface area contributed by atoms with Crippen LogP contribution in [0.1, 0.15) is 20.8 Å². The largest absolute Gasteiger partial charge is 0.478 e. The second-order valence-electron chi connectivity index (χ2n) is 4.06. The van der Waals surface area contributed by atoms with Crippen molar-refractivity contribution in [3.8, 4) is 0 Å². The van der Waals surface area contributed by atoms with Gasteiger partial charge in [-0.2, -0.15) is 0 Å². The Morgan fingerprint density at radius 2 is 2.10 bits per heavy atom. The summed E-state index contributed by atoms with van der Waals surface area (Å²) in [5, 5.41) is 13.4. The van der Waals surface area contributed by atoms with Crippen LogP contribution in [0, 0.1) is 0 Å². The van der Waals surface area contributed by atoms with Crippen molar-refractivity contribution in [3.05, 3.63) is 63.9 Å². The predicted molar refractivity (Wildman–Crippen MR) is 78.6 cm³/mol. The highest BCUT2D eigenvalue weighted by atomic mass is 32.1. The highest BCUT2D eigenvalue weighted by Gasteiger charge is 2.05. The van der Waals surface area contributed by atoms with E-state index in [4.69, 9.17) is 5.11 Å². The summed E-state index contributed by atoms with van der Waals surface area (Å²) in [4.78, 5) is 23.5. The van der Waals surface area contributed by atoms with Crippen molar-refractivity contribution in [2.75, 3.05) is 0 Å². The number of carbonyl (C=O) groups excluding carboxylic acids is 1. The first-order valence-corrected chi connectivity index (χ1v) is 6.85. The highest BCUT2D eigenvalue weighted by molar-refractivity contribution is 7.09. The number of hydrogen-bond acceptors (Lipinski definition) is 3. The van der Waals surface area contributed by atoms with E-state index in [0.29, 0.717) is 17.7 Å². The molecule has 1 amide bonds. The van der Waals surface area contributed by atoms with Gasteiger partial charge in [0.1, 0.15) is 0 Å². The van der Waals surface area contributed by atoms with Crippen LogP contribution in [0.15, 0.2) is 47.9 Å². The maximum atomic E-state index is 12.0. The summed E-state index contributed by atoms with van der Waals surface area (Å²) in [7, 11) is 0. The van der Waals surface area contributed by atoms with E-state index in [1.54, 1.807) is 35.6 Å². The van der Waals surface area contributed by atoms with Gasteiger partial charge in [-0.15, -0.1) is 11.3 Å². The number of aliphatic carboxylic acids is 1. The summed E-state index contributed by atoms with van der Waals surface area (Å²) in [5.41, 5.74) is 1.19. The number of amides is 1. The van der Waals surface area contributed by atoms with Crippen LogP contribution in [0.25, 0.3) is 6.08 Å². The van der Waals surface area contributed by atoms with Crippen molar-refractivity contribution < 1.29 is 14.7 Å². The average molecular weight is 287 g/mol. The molecule has 20 heavy (non-hydrogen) atoms. The number of carbonyl (C=O) groups is 2. The fourth-order valence-corrected chi connectivity index (χ4v) is 2.28. The van der Waals surface area contributed by atoms with Gasteiger partial charge in [-0.3, -0.25) is 4.79 Å². The third-order valence-corrected chi connectivity index (χ3v) is 3.45. The molecule has 0 bridgehead atoms. The van der Waals surface area contributed by atoms with Gasteiger partial charge < -0.3 is 10.4 Å². The monoisotopic (exact) mass is 287 g/mol. The minimum Gasteiger partial charge on any atom is -0.478 e. The van der Waals surface area contributed by atoms with E-state index >= 15 is 0 Å². The Hall–Kier alpha value is -2.40. The van der Waals surface area contributed by atoms with Gasteiger partial charge in [-0.05, 0) is 35.2 Å². The Kier molecular flexibility index (Phi) is 4.68. The Labute approximate surface area is 120 Å². The van der Waals surface area contributed by atoms with Crippen LogP contribution in [-0.4, -0.2) is 17.0 Å².